The van der Waals surface area contributed by atoms with Gasteiger partial charge in [-0.15, -0.1) is 0 Å². The van der Waals surface area contributed by atoms with Crippen molar-refractivity contribution in [2.24, 2.45) is 5.73 Å². The van der Waals surface area contributed by atoms with E-state index >= 15 is 0 Å². The number of thiophene rings is 1. The standard InChI is InChI=1S/C11H18N2S2/c1-9(2)13(5-3-11(12)14)7-10-4-6-15-8-10/h4,6,8-9H,3,5,7H2,1-2H3,(H2,12,14). The molecule has 0 fully saturated rings. The van der Waals surface area contributed by atoms with Crippen molar-refractivity contribution in [2.75, 3.05) is 6.54 Å². The first-order chi connectivity index (χ1) is 7.09. The lowest BCUT2D eigenvalue weighted by Gasteiger charge is -2.25. The number of nitrogens with two attached hydrogens (primary N) is 1. The van der Waals surface area contributed by atoms with Gasteiger partial charge in [-0.3, -0.25) is 4.90 Å². The van der Waals surface area contributed by atoms with Crippen molar-refractivity contribution in [1.82, 2.24) is 4.90 Å². The van der Waals surface area contributed by atoms with Crippen LogP contribution in [0.4, 0.5) is 0 Å². The van der Waals surface area contributed by atoms with Crippen LogP contribution in [0.2, 0.25) is 0 Å². The molecule has 84 valence electrons. The number of nitrogens with zero attached hydrogens (tertiary/aromatic N) is 1. The Morgan fingerprint density at radius 2 is 2.33 bits per heavy atom. The molecule has 0 radical (unpaired) electrons. The molecule has 0 saturated carbocycles. The molecule has 0 spiro atoms. The summed E-state index contributed by atoms with van der Waals surface area (Å²) >= 11 is 6.64. The van der Waals surface area contributed by atoms with E-state index in [1.54, 1.807) is 11.3 Å². The van der Waals surface area contributed by atoms with E-state index in [4.69, 9.17) is 18.0 Å². The van der Waals surface area contributed by atoms with Crippen molar-refractivity contribution in [2.45, 2.75) is 32.9 Å². The molecule has 1 heterocycles. The van der Waals surface area contributed by atoms with Crippen LogP contribution in [-0.4, -0.2) is 22.5 Å². The third-order valence-corrected chi connectivity index (χ3v) is 3.28. The van der Waals surface area contributed by atoms with Gasteiger partial charge in [0.2, 0.25) is 0 Å². The molecule has 1 aromatic rings. The first kappa shape index (κ1) is 12.6. The van der Waals surface area contributed by atoms with Gasteiger partial charge in [-0.05, 0) is 36.2 Å². The molecule has 0 unspecified atom stereocenters. The number of hydrogen-bond donors (Lipinski definition) is 1. The Kier molecular flexibility index (Phi) is 5.22. The van der Waals surface area contributed by atoms with E-state index in [0.717, 1.165) is 19.5 Å². The molecule has 15 heavy (non-hydrogen) atoms. The summed E-state index contributed by atoms with van der Waals surface area (Å²) in [5.74, 6) is 0. The van der Waals surface area contributed by atoms with E-state index in [1.807, 2.05) is 0 Å². The third-order valence-electron chi connectivity index (χ3n) is 2.34. The summed E-state index contributed by atoms with van der Waals surface area (Å²) in [6.07, 6.45) is 0.803. The van der Waals surface area contributed by atoms with Gasteiger partial charge in [-0.25, -0.2) is 0 Å². The lowest BCUT2D eigenvalue weighted by atomic mass is 10.2. The molecule has 0 saturated heterocycles. The highest BCUT2D eigenvalue weighted by Gasteiger charge is 2.10. The average molecular weight is 242 g/mol. The fraction of sp³-hybridized carbons (Fsp3) is 0.545. The molecular weight excluding hydrogens is 224 g/mol. The van der Waals surface area contributed by atoms with Crippen LogP contribution in [-0.2, 0) is 6.54 Å². The van der Waals surface area contributed by atoms with E-state index in [1.165, 1.54) is 5.56 Å². The fourth-order valence-electron chi connectivity index (χ4n) is 1.39. The van der Waals surface area contributed by atoms with Gasteiger partial charge in [-0.1, -0.05) is 12.2 Å². The zero-order valence-corrected chi connectivity index (χ0v) is 10.9. The zero-order valence-electron chi connectivity index (χ0n) is 9.27. The smallest absolute Gasteiger partial charge is 0.0740 e. The van der Waals surface area contributed by atoms with Crippen molar-refractivity contribution in [3.8, 4) is 0 Å². The quantitative estimate of drug-likeness (QED) is 0.778. The number of thiocarbonyl (C=S) groups is 1. The van der Waals surface area contributed by atoms with Gasteiger partial charge in [-0.2, -0.15) is 11.3 Å². The Labute approximate surface area is 101 Å². The molecule has 1 rings (SSSR count). The van der Waals surface area contributed by atoms with E-state index in [0.29, 0.717) is 11.0 Å². The van der Waals surface area contributed by atoms with Crippen LogP contribution in [0.3, 0.4) is 0 Å². The van der Waals surface area contributed by atoms with Gasteiger partial charge < -0.3 is 5.73 Å². The molecular formula is C11H18N2S2. The van der Waals surface area contributed by atoms with Gasteiger partial charge >= 0.3 is 0 Å². The van der Waals surface area contributed by atoms with Crippen LogP contribution >= 0.6 is 23.6 Å². The molecule has 0 aliphatic carbocycles. The van der Waals surface area contributed by atoms with Gasteiger partial charge in [0.1, 0.15) is 0 Å². The number of hydrogen-bond acceptors (Lipinski definition) is 3. The minimum Gasteiger partial charge on any atom is -0.393 e. The van der Waals surface area contributed by atoms with Crippen LogP contribution in [0.5, 0.6) is 0 Å². The van der Waals surface area contributed by atoms with Crippen molar-refractivity contribution >= 4 is 28.5 Å². The lowest BCUT2D eigenvalue weighted by molar-refractivity contribution is 0.219. The maximum absolute atomic E-state index is 5.52. The predicted octanol–water partition coefficient (Wildman–Crippen LogP) is 2.63. The Morgan fingerprint density at radius 1 is 1.60 bits per heavy atom. The van der Waals surface area contributed by atoms with Gasteiger partial charge in [0.05, 0.1) is 4.99 Å². The summed E-state index contributed by atoms with van der Waals surface area (Å²) in [4.78, 5) is 2.99. The molecule has 0 aliphatic heterocycles. The second-order valence-electron chi connectivity index (χ2n) is 3.91. The molecule has 4 heteroatoms. The topological polar surface area (TPSA) is 29.3 Å². The molecule has 0 amide bonds. The predicted molar refractivity (Wildman–Crippen MR) is 71.3 cm³/mol. The Bertz CT molecular complexity index is 294. The minimum absolute atomic E-state index is 0.527. The van der Waals surface area contributed by atoms with Crippen LogP contribution in [0.25, 0.3) is 0 Å². The Morgan fingerprint density at radius 3 is 2.80 bits per heavy atom. The summed E-state index contributed by atoms with van der Waals surface area (Å²) in [7, 11) is 0. The second kappa shape index (κ2) is 6.20. The maximum Gasteiger partial charge on any atom is 0.0740 e. The van der Waals surface area contributed by atoms with E-state index in [-0.39, 0.29) is 0 Å². The van der Waals surface area contributed by atoms with Crippen molar-refractivity contribution < 1.29 is 0 Å². The lowest BCUT2D eigenvalue weighted by Crippen LogP contribution is -2.33. The highest BCUT2D eigenvalue weighted by Crippen LogP contribution is 2.12. The number of rotatable bonds is 6. The molecule has 0 aliphatic rings. The fourth-order valence-corrected chi connectivity index (χ4v) is 2.14. The molecule has 1 aromatic heterocycles. The normalized spacial score (nSPS) is 11.2. The minimum atomic E-state index is 0.527. The summed E-state index contributed by atoms with van der Waals surface area (Å²) < 4.78 is 0. The van der Waals surface area contributed by atoms with E-state index < -0.39 is 0 Å². The summed E-state index contributed by atoms with van der Waals surface area (Å²) in [6.45, 7) is 6.34. The maximum atomic E-state index is 5.52. The highest BCUT2D eigenvalue weighted by atomic mass is 32.1. The van der Waals surface area contributed by atoms with Crippen LogP contribution in [0.15, 0.2) is 16.8 Å². The van der Waals surface area contributed by atoms with Gasteiger partial charge in [0, 0.05) is 25.6 Å². The first-order valence-corrected chi connectivity index (χ1v) is 6.48. The largest absolute Gasteiger partial charge is 0.393 e. The zero-order chi connectivity index (χ0) is 11.3. The van der Waals surface area contributed by atoms with Gasteiger partial charge in [0.15, 0.2) is 0 Å². The monoisotopic (exact) mass is 242 g/mol. The van der Waals surface area contributed by atoms with E-state index in [2.05, 4.69) is 35.6 Å². The first-order valence-electron chi connectivity index (χ1n) is 5.13. The molecule has 0 atom stereocenters. The third kappa shape index (κ3) is 4.73. The van der Waals surface area contributed by atoms with Crippen LogP contribution in [0.1, 0.15) is 25.8 Å². The van der Waals surface area contributed by atoms with Crippen LogP contribution < -0.4 is 5.73 Å². The average Bonchev–Trinajstić information content (AvgIpc) is 2.63. The summed E-state index contributed by atoms with van der Waals surface area (Å²) in [5.41, 5.74) is 6.89. The van der Waals surface area contributed by atoms with Crippen molar-refractivity contribution in [3.05, 3.63) is 22.4 Å². The molecule has 0 aromatic carbocycles. The van der Waals surface area contributed by atoms with Crippen molar-refractivity contribution in [1.29, 1.82) is 0 Å². The Hall–Kier alpha value is -0.450. The van der Waals surface area contributed by atoms with Gasteiger partial charge in [0.25, 0.3) is 0 Å². The molecule has 2 N–H and O–H groups in total. The van der Waals surface area contributed by atoms with E-state index in [9.17, 15) is 0 Å². The SMILES string of the molecule is CC(C)N(CCC(N)=S)Cc1ccsc1. The van der Waals surface area contributed by atoms with Crippen LogP contribution in [0, 0.1) is 0 Å². The Balaban J connectivity index is 2.47. The molecule has 2 nitrogen and oxygen atoms in total. The molecule has 0 bridgehead atoms. The van der Waals surface area contributed by atoms with Crippen molar-refractivity contribution in [3.63, 3.8) is 0 Å². The summed E-state index contributed by atoms with van der Waals surface area (Å²) in [6, 6.07) is 2.69. The second-order valence-corrected chi connectivity index (χ2v) is 5.22. The summed E-state index contributed by atoms with van der Waals surface area (Å²) in [5, 5.41) is 4.30. The highest BCUT2D eigenvalue weighted by molar-refractivity contribution is 7.80.